The van der Waals surface area contributed by atoms with E-state index in [2.05, 4.69) is 19.2 Å². The average molecular weight is 235 g/mol. The first kappa shape index (κ1) is 12.1. The topological polar surface area (TPSA) is 25.2 Å². The third kappa shape index (κ3) is 2.34. The van der Waals surface area contributed by atoms with Gasteiger partial charge in [0, 0.05) is 5.39 Å². The van der Waals surface area contributed by atoms with Gasteiger partial charge in [-0.05, 0) is 37.2 Å². The molecule has 0 saturated heterocycles. The molecule has 3 heteroatoms. The molecule has 0 spiro atoms. The minimum atomic E-state index is -0.227. The van der Waals surface area contributed by atoms with Gasteiger partial charge in [0.2, 0.25) is 0 Å². The van der Waals surface area contributed by atoms with Gasteiger partial charge in [-0.3, -0.25) is 0 Å². The Bertz CT molecular complexity index is 506. The molecule has 2 unspecified atom stereocenters. The van der Waals surface area contributed by atoms with Crippen LogP contribution in [0.1, 0.15) is 32.1 Å². The second-order valence-corrected chi connectivity index (χ2v) is 4.48. The number of hydrogen-bond acceptors (Lipinski definition) is 2. The fourth-order valence-electron chi connectivity index (χ4n) is 2.13. The summed E-state index contributed by atoms with van der Waals surface area (Å²) < 4.78 is 18.9. The van der Waals surface area contributed by atoms with Crippen molar-refractivity contribution in [2.24, 2.45) is 5.92 Å². The summed E-state index contributed by atoms with van der Waals surface area (Å²) in [7, 11) is 1.92. The van der Waals surface area contributed by atoms with Gasteiger partial charge in [-0.1, -0.05) is 20.3 Å². The fourth-order valence-corrected chi connectivity index (χ4v) is 2.13. The highest BCUT2D eigenvalue weighted by Crippen LogP contribution is 2.29. The van der Waals surface area contributed by atoms with Crippen LogP contribution in [0.3, 0.4) is 0 Å². The smallest absolute Gasteiger partial charge is 0.134 e. The lowest BCUT2D eigenvalue weighted by Gasteiger charge is -2.19. The summed E-state index contributed by atoms with van der Waals surface area (Å²) in [6, 6.07) is 6.71. The van der Waals surface area contributed by atoms with Crippen LogP contribution < -0.4 is 5.32 Å². The molecule has 1 aromatic carbocycles. The van der Waals surface area contributed by atoms with Gasteiger partial charge in [0.15, 0.2) is 0 Å². The van der Waals surface area contributed by atoms with Gasteiger partial charge in [0.25, 0.3) is 0 Å². The monoisotopic (exact) mass is 235 g/mol. The van der Waals surface area contributed by atoms with E-state index in [1.165, 1.54) is 12.1 Å². The van der Waals surface area contributed by atoms with Crippen LogP contribution in [0.2, 0.25) is 0 Å². The van der Waals surface area contributed by atoms with Crippen molar-refractivity contribution in [2.75, 3.05) is 7.05 Å². The summed E-state index contributed by atoms with van der Waals surface area (Å²) >= 11 is 0. The molecular weight excluding hydrogens is 217 g/mol. The normalized spacial score (nSPS) is 15.1. The molecule has 0 fully saturated rings. The van der Waals surface area contributed by atoms with Gasteiger partial charge in [-0.25, -0.2) is 4.39 Å². The molecule has 0 amide bonds. The summed E-state index contributed by atoms with van der Waals surface area (Å²) in [5, 5.41) is 4.08. The maximum Gasteiger partial charge on any atom is 0.134 e. The number of rotatable bonds is 4. The number of hydrogen-bond donors (Lipinski definition) is 1. The summed E-state index contributed by atoms with van der Waals surface area (Å²) in [6.07, 6.45) is 1.07. The van der Waals surface area contributed by atoms with Crippen molar-refractivity contribution in [3.63, 3.8) is 0 Å². The Balaban J connectivity index is 2.41. The predicted molar refractivity (Wildman–Crippen MR) is 67.4 cm³/mol. The highest BCUT2D eigenvalue weighted by molar-refractivity contribution is 5.78. The van der Waals surface area contributed by atoms with E-state index >= 15 is 0 Å². The highest BCUT2D eigenvalue weighted by Gasteiger charge is 2.20. The standard InChI is InChI=1S/C14H18FNO/c1-4-9(2)14(16-3)13-8-10-7-11(15)5-6-12(10)17-13/h5-9,14,16H,4H2,1-3H3. The van der Waals surface area contributed by atoms with Crippen LogP contribution in [0.4, 0.5) is 4.39 Å². The number of fused-ring (bicyclic) bond motifs is 1. The van der Waals surface area contributed by atoms with E-state index in [1.54, 1.807) is 6.07 Å². The van der Waals surface area contributed by atoms with Crippen LogP contribution in [0.15, 0.2) is 28.7 Å². The van der Waals surface area contributed by atoms with Crippen LogP contribution >= 0.6 is 0 Å². The average Bonchev–Trinajstić information content (AvgIpc) is 2.72. The molecule has 2 atom stereocenters. The lowest BCUT2D eigenvalue weighted by Crippen LogP contribution is -2.22. The zero-order chi connectivity index (χ0) is 12.4. The SMILES string of the molecule is CCC(C)C(NC)c1cc2cc(F)ccc2o1. The molecule has 0 bridgehead atoms. The molecule has 2 rings (SSSR count). The molecule has 0 aliphatic rings. The van der Waals surface area contributed by atoms with E-state index in [1.807, 2.05) is 13.1 Å². The van der Waals surface area contributed by atoms with Crippen molar-refractivity contribution >= 4 is 11.0 Å². The van der Waals surface area contributed by atoms with Crippen LogP contribution in [0, 0.1) is 11.7 Å². The fraction of sp³-hybridized carbons (Fsp3) is 0.429. The van der Waals surface area contributed by atoms with E-state index in [0.717, 1.165) is 23.2 Å². The molecule has 1 aromatic heterocycles. The van der Waals surface area contributed by atoms with E-state index in [-0.39, 0.29) is 11.9 Å². The first-order valence-corrected chi connectivity index (χ1v) is 6.02. The van der Waals surface area contributed by atoms with E-state index in [0.29, 0.717) is 5.92 Å². The van der Waals surface area contributed by atoms with E-state index in [4.69, 9.17) is 4.42 Å². The molecule has 0 aliphatic heterocycles. The molecule has 2 aromatic rings. The maximum absolute atomic E-state index is 13.1. The summed E-state index contributed by atoms with van der Waals surface area (Å²) in [4.78, 5) is 0. The highest BCUT2D eigenvalue weighted by atomic mass is 19.1. The molecule has 0 saturated carbocycles. The second kappa shape index (κ2) is 4.88. The molecular formula is C14H18FNO. The molecule has 1 heterocycles. The summed E-state index contributed by atoms with van der Waals surface area (Å²) in [6.45, 7) is 4.33. The van der Waals surface area contributed by atoms with Crippen LogP contribution in [-0.2, 0) is 0 Å². The minimum absolute atomic E-state index is 0.176. The van der Waals surface area contributed by atoms with Crippen molar-refractivity contribution in [1.29, 1.82) is 0 Å². The van der Waals surface area contributed by atoms with Crippen LogP contribution in [-0.4, -0.2) is 7.05 Å². The quantitative estimate of drug-likeness (QED) is 0.870. The van der Waals surface area contributed by atoms with Crippen molar-refractivity contribution in [3.8, 4) is 0 Å². The number of nitrogens with one attached hydrogen (secondary N) is 1. The number of halogens is 1. The van der Waals surface area contributed by atoms with Crippen LogP contribution in [0.5, 0.6) is 0 Å². The summed E-state index contributed by atoms with van der Waals surface area (Å²) in [5.41, 5.74) is 0.741. The molecule has 2 nitrogen and oxygen atoms in total. The van der Waals surface area contributed by atoms with Gasteiger partial charge in [-0.2, -0.15) is 0 Å². The Morgan fingerprint density at radius 1 is 1.35 bits per heavy atom. The molecule has 1 N–H and O–H groups in total. The zero-order valence-electron chi connectivity index (χ0n) is 10.5. The largest absolute Gasteiger partial charge is 0.459 e. The van der Waals surface area contributed by atoms with Gasteiger partial charge in [-0.15, -0.1) is 0 Å². The molecule has 0 radical (unpaired) electrons. The lowest BCUT2D eigenvalue weighted by molar-refractivity contribution is 0.344. The predicted octanol–water partition coefficient (Wildman–Crippen LogP) is 3.88. The van der Waals surface area contributed by atoms with Crippen molar-refractivity contribution in [2.45, 2.75) is 26.3 Å². The Morgan fingerprint density at radius 2 is 2.12 bits per heavy atom. The van der Waals surface area contributed by atoms with Gasteiger partial charge < -0.3 is 9.73 Å². The Morgan fingerprint density at radius 3 is 2.76 bits per heavy atom. The Kier molecular flexibility index (Phi) is 3.48. The van der Waals surface area contributed by atoms with Crippen molar-refractivity contribution < 1.29 is 8.81 Å². The first-order valence-electron chi connectivity index (χ1n) is 6.02. The lowest BCUT2D eigenvalue weighted by atomic mass is 9.97. The van der Waals surface area contributed by atoms with E-state index in [9.17, 15) is 4.39 Å². The third-order valence-corrected chi connectivity index (χ3v) is 3.33. The maximum atomic E-state index is 13.1. The third-order valence-electron chi connectivity index (χ3n) is 3.33. The molecule has 0 aliphatic carbocycles. The Labute approximate surface area is 101 Å². The van der Waals surface area contributed by atoms with E-state index < -0.39 is 0 Å². The molecule has 92 valence electrons. The van der Waals surface area contributed by atoms with Crippen LogP contribution in [0.25, 0.3) is 11.0 Å². The van der Waals surface area contributed by atoms with Crippen molar-refractivity contribution in [3.05, 3.63) is 35.8 Å². The van der Waals surface area contributed by atoms with Gasteiger partial charge in [0.05, 0.1) is 6.04 Å². The summed E-state index contributed by atoms with van der Waals surface area (Å²) in [5.74, 6) is 1.13. The van der Waals surface area contributed by atoms with Gasteiger partial charge in [0.1, 0.15) is 17.2 Å². The van der Waals surface area contributed by atoms with Crippen molar-refractivity contribution in [1.82, 2.24) is 5.32 Å². The molecule has 17 heavy (non-hydrogen) atoms. The minimum Gasteiger partial charge on any atom is -0.459 e. The Hall–Kier alpha value is -1.35. The second-order valence-electron chi connectivity index (χ2n) is 4.48. The van der Waals surface area contributed by atoms with Gasteiger partial charge >= 0.3 is 0 Å². The number of benzene rings is 1. The first-order chi connectivity index (χ1) is 8.15. The zero-order valence-corrected chi connectivity index (χ0v) is 10.5. The number of furan rings is 1.